The molecule has 0 fully saturated rings. The molecule has 0 bridgehead atoms. The van der Waals surface area contributed by atoms with Crippen molar-refractivity contribution in [2.45, 2.75) is 13.1 Å². The van der Waals surface area contributed by atoms with Crippen molar-refractivity contribution in [3.63, 3.8) is 0 Å². The van der Waals surface area contributed by atoms with Crippen LogP contribution in [0.5, 0.6) is 0 Å². The molecule has 0 spiro atoms. The molecule has 2 rings (SSSR count). The van der Waals surface area contributed by atoms with Crippen molar-refractivity contribution in [2.75, 3.05) is 14.2 Å². The lowest BCUT2D eigenvalue weighted by Gasteiger charge is -2.04. The van der Waals surface area contributed by atoms with Gasteiger partial charge in [-0.15, -0.1) is 0 Å². The topological polar surface area (TPSA) is 41.6 Å². The van der Waals surface area contributed by atoms with Crippen molar-refractivity contribution >= 4 is 5.91 Å². The summed E-state index contributed by atoms with van der Waals surface area (Å²) in [5.41, 5.74) is 5.73. The van der Waals surface area contributed by atoms with Gasteiger partial charge in [0, 0.05) is 25.7 Å². The minimum absolute atomic E-state index is 0.101. The number of hydrogen-bond donors (Lipinski definition) is 1. The van der Waals surface area contributed by atoms with E-state index in [-0.39, 0.29) is 5.91 Å². The molecule has 1 aromatic rings. The first-order valence-electron chi connectivity index (χ1n) is 4.85. The molecule has 1 N–H and O–H groups in total. The highest BCUT2D eigenvalue weighted by molar-refractivity contribution is 5.98. The molecule has 0 unspecified atom stereocenters. The van der Waals surface area contributed by atoms with Crippen LogP contribution in [0.15, 0.2) is 18.2 Å². The van der Waals surface area contributed by atoms with Crippen molar-refractivity contribution < 1.29 is 9.63 Å². The van der Waals surface area contributed by atoms with Crippen LogP contribution in [0.2, 0.25) is 0 Å². The molecule has 1 aromatic carbocycles. The number of benzene rings is 1. The van der Waals surface area contributed by atoms with Crippen molar-refractivity contribution in [1.29, 1.82) is 0 Å². The van der Waals surface area contributed by atoms with E-state index in [9.17, 15) is 4.79 Å². The Labute approximate surface area is 88.8 Å². The summed E-state index contributed by atoms with van der Waals surface area (Å²) >= 11 is 0. The third kappa shape index (κ3) is 1.86. The normalized spacial score (nSPS) is 14.5. The quantitative estimate of drug-likeness (QED) is 0.748. The van der Waals surface area contributed by atoms with Gasteiger partial charge in [0.1, 0.15) is 0 Å². The third-order valence-corrected chi connectivity index (χ3v) is 2.58. The van der Waals surface area contributed by atoms with Crippen LogP contribution in [0.3, 0.4) is 0 Å². The molecule has 0 aliphatic carbocycles. The molecule has 80 valence electrons. The Morgan fingerprint density at radius 3 is 3.07 bits per heavy atom. The van der Waals surface area contributed by atoms with Gasteiger partial charge >= 0.3 is 0 Å². The predicted octanol–water partition coefficient (Wildman–Crippen LogP) is 0.923. The largest absolute Gasteiger partial charge is 0.337 e. The summed E-state index contributed by atoms with van der Waals surface area (Å²) in [4.78, 5) is 18.2. The summed E-state index contributed by atoms with van der Waals surface area (Å²) in [5.74, 6) is 0.101. The maximum atomic E-state index is 11.7. The molecule has 1 aliphatic rings. The Morgan fingerprint density at radius 1 is 1.53 bits per heavy atom. The molecule has 0 radical (unpaired) electrons. The van der Waals surface area contributed by atoms with Gasteiger partial charge in [-0.05, 0) is 17.2 Å². The van der Waals surface area contributed by atoms with E-state index < -0.39 is 0 Å². The second-order valence-electron chi connectivity index (χ2n) is 3.68. The van der Waals surface area contributed by atoms with Gasteiger partial charge in [-0.25, -0.2) is 0 Å². The summed E-state index contributed by atoms with van der Waals surface area (Å²) in [5, 5.41) is 0. The number of nitrogens with one attached hydrogen (secondary N) is 1. The maximum absolute atomic E-state index is 11.7. The van der Waals surface area contributed by atoms with Gasteiger partial charge in [0.05, 0.1) is 7.11 Å². The fraction of sp³-hybridized carbons (Fsp3) is 0.364. The van der Waals surface area contributed by atoms with Gasteiger partial charge in [0.25, 0.3) is 5.91 Å². The lowest BCUT2D eigenvalue weighted by Crippen LogP contribution is -2.17. The molecule has 4 heteroatoms. The van der Waals surface area contributed by atoms with Crippen LogP contribution < -0.4 is 5.48 Å². The van der Waals surface area contributed by atoms with Crippen LogP contribution in [-0.4, -0.2) is 25.0 Å². The minimum Gasteiger partial charge on any atom is -0.337 e. The second kappa shape index (κ2) is 4.00. The Kier molecular flexibility index (Phi) is 2.70. The molecule has 0 atom stereocenters. The smallest absolute Gasteiger partial charge is 0.254 e. The molecule has 0 saturated carbocycles. The zero-order valence-electron chi connectivity index (χ0n) is 8.91. The van der Waals surface area contributed by atoms with E-state index in [2.05, 4.69) is 5.48 Å². The first kappa shape index (κ1) is 10.1. The van der Waals surface area contributed by atoms with Gasteiger partial charge < -0.3 is 9.74 Å². The van der Waals surface area contributed by atoms with Crippen molar-refractivity contribution in [3.8, 4) is 0 Å². The highest BCUT2D eigenvalue weighted by atomic mass is 16.6. The van der Waals surface area contributed by atoms with Crippen molar-refractivity contribution in [2.24, 2.45) is 0 Å². The van der Waals surface area contributed by atoms with E-state index in [4.69, 9.17) is 4.84 Å². The van der Waals surface area contributed by atoms with E-state index in [0.29, 0.717) is 13.1 Å². The molecule has 4 nitrogen and oxygen atoms in total. The molecule has 1 heterocycles. The highest BCUT2D eigenvalue weighted by Crippen LogP contribution is 2.22. The molecule has 0 saturated heterocycles. The highest BCUT2D eigenvalue weighted by Gasteiger charge is 2.23. The minimum atomic E-state index is 0.101. The Morgan fingerprint density at radius 2 is 2.33 bits per heavy atom. The monoisotopic (exact) mass is 206 g/mol. The van der Waals surface area contributed by atoms with Crippen LogP contribution in [0, 0.1) is 0 Å². The fourth-order valence-electron chi connectivity index (χ4n) is 1.76. The molecular formula is C11H14N2O2. The van der Waals surface area contributed by atoms with E-state index in [1.165, 1.54) is 0 Å². The summed E-state index contributed by atoms with van der Waals surface area (Å²) in [7, 11) is 3.39. The van der Waals surface area contributed by atoms with Gasteiger partial charge in [-0.3, -0.25) is 4.79 Å². The third-order valence-electron chi connectivity index (χ3n) is 2.58. The first-order chi connectivity index (χ1) is 7.22. The van der Waals surface area contributed by atoms with Crippen molar-refractivity contribution in [1.82, 2.24) is 10.4 Å². The van der Waals surface area contributed by atoms with E-state index >= 15 is 0 Å². The SMILES string of the molecule is CONCc1ccc2c(c1)C(=O)N(C)C2. The number of rotatable bonds is 3. The second-order valence-corrected chi connectivity index (χ2v) is 3.68. The van der Waals surface area contributed by atoms with Gasteiger partial charge in [-0.2, -0.15) is 5.48 Å². The van der Waals surface area contributed by atoms with Gasteiger partial charge in [0.15, 0.2) is 0 Å². The van der Waals surface area contributed by atoms with Gasteiger partial charge in [-0.1, -0.05) is 12.1 Å². The summed E-state index contributed by atoms with van der Waals surface area (Å²) in [6.07, 6.45) is 0. The lowest BCUT2D eigenvalue weighted by molar-refractivity contribution is 0.0814. The number of amides is 1. The number of carbonyl (C=O) groups excluding carboxylic acids is 1. The zero-order chi connectivity index (χ0) is 10.8. The van der Waals surface area contributed by atoms with Crippen LogP contribution in [0.25, 0.3) is 0 Å². The predicted molar refractivity (Wildman–Crippen MR) is 56.1 cm³/mol. The average molecular weight is 206 g/mol. The molecule has 15 heavy (non-hydrogen) atoms. The standard InChI is InChI=1S/C11H14N2O2/c1-13-7-9-4-3-8(6-12-15-2)5-10(9)11(13)14/h3-5,12H,6-7H2,1-2H3. The van der Waals surface area contributed by atoms with E-state index in [0.717, 1.165) is 16.7 Å². The summed E-state index contributed by atoms with van der Waals surface area (Å²) < 4.78 is 0. The van der Waals surface area contributed by atoms with Crippen LogP contribution in [0.1, 0.15) is 21.5 Å². The van der Waals surface area contributed by atoms with Crippen LogP contribution >= 0.6 is 0 Å². The average Bonchev–Trinajstić information content (AvgIpc) is 2.52. The molecule has 1 amide bonds. The number of fused-ring (bicyclic) bond motifs is 1. The fourth-order valence-corrected chi connectivity index (χ4v) is 1.76. The molecular weight excluding hydrogens is 192 g/mol. The van der Waals surface area contributed by atoms with Crippen molar-refractivity contribution in [3.05, 3.63) is 34.9 Å². The summed E-state index contributed by atoms with van der Waals surface area (Å²) in [6.45, 7) is 1.33. The lowest BCUT2D eigenvalue weighted by atomic mass is 10.1. The van der Waals surface area contributed by atoms with E-state index in [1.807, 2.05) is 25.2 Å². The number of hydroxylamine groups is 1. The number of nitrogens with zero attached hydrogens (tertiary/aromatic N) is 1. The molecule has 0 aromatic heterocycles. The number of hydrogen-bond acceptors (Lipinski definition) is 3. The van der Waals surface area contributed by atoms with E-state index in [1.54, 1.807) is 12.0 Å². The molecule has 1 aliphatic heterocycles. The zero-order valence-corrected chi connectivity index (χ0v) is 8.91. The maximum Gasteiger partial charge on any atom is 0.254 e. The van der Waals surface area contributed by atoms with Crippen LogP contribution in [-0.2, 0) is 17.9 Å². The Balaban J connectivity index is 2.23. The number of carbonyl (C=O) groups is 1. The van der Waals surface area contributed by atoms with Crippen LogP contribution in [0.4, 0.5) is 0 Å². The first-order valence-corrected chi connectivity index (χ1v) is 4.85. The Bertz CT molecular complexity index is 390. The Hall–Kier alpha value is -1.39. The van der Waals surface area contributed by atoms with Gasteiger partial charge in [0.2, 0.25) is 0 Å². The summed E-state index contributed by atoms with van der Waals surface area (Å²) in [6, 6.07) is 5.94.